The number of benzene rings is 1. The van der Waals surface area contributed by atoms with Crippen LogP contribution in [0.1, 0.15) is 15.9 Å². The highest BCUT2D eigenvalue weighted by molar-refractivity contribution is 5.76. The van der Waals surface area contributed by atoms with E-state index in [1.807, 2.05) is 31.3 Å². The molecule has 0 N–H and O–H groups in total. The molecule has 0 spiro atoms. The van der Waals surface area contributed by atoms with Crippen LogP contribution in [0.3, 0.4) is 0 Å². The lowest BCUT2D eigenvalue weighted by molar-refractivity contribution is -0.510. The van der Waals surface area contributed by atoms with Gasteiger partial charge >= 0.3 is 0 Å². The topological polar surface area (TPSA) is 26.1 Å². The van der Waals surface area contributed by atoms with Gasteiger partial charge in [-0.15, -0.1) is 0 Å². The number of imidazole rings is 1. The molecule has 0 saturated heterocycles. The minimum absolute atomic E-state index is 0. The smallest absolute Gasteiger partial charge is 0.286 e. The van der Waals surface area contributed by atoms with Crippen LogP contribution in [0.4, 0.5) is 0 Å². The number of pyridine rings is 1. The molecule has 3 nitrogen and oxygen atoms in total. The van der Waals surface area contributed by atoms with E-state index in [0.29, 0.717) is 5.56 Å². The third-order valence-corrected chi connectivity index (χ3v) is 3.41. The molecule has 3 aromatic rings. The van der Waals surface area contributed by atoms with Gasteiger partial charge in [-0.2, -0.15) is 0 Å². The average molecular weight is 331 g/mol. The number of halogens is 1. The predicted molar refractivity (Wildman–Crippen MR) is 74.1 cm³/mol. The lowest BCUT2D eigenvalue weighted by atomic mass is 10.1. The molecule has 0 aliphatic carbocycles. The van der Waals surface area contributed by atoms with Gasteiger partial charge < -0.3 is 17.0 Å². The zero-order valence-electron chi connectivity index (χ0n) is 11.4. The number of hydrogen-bond donors (Lipinski definition) is 0. The van der Waals surface area contributed by atoms with E-state index in [1.54, 1.807) is 0 Å². The number of carbonyl (C=O) groups excluding carboxylic acids is 1. The second kappa shape index (κ2) is 5.59. The van der Waals surface area contributed by atoms with Crippen molar-refractivity contribution in [2.75, 3.05) is 0 Å². The predicted octanol–water partition coefficient (Wildman–Crippen LogP) is -0.444. The molecule has 1 aromatic carbocycles. The highest BCUT2D eigenvalue weighted by Crippen LogP contribution is 2.20. The van der Waals surface area contributed by atoms with Gasteiger partial charge in [0.25, 0.3) is 5.65 Å². The molecule has 0 saturated carbocycles. The van der Waals surface area contributed by atoms with Gasteiger partial charge in [-0.05, 0) is 30.7 Å². The summed E-state index contributed by atoms with van der Waals surface area (Å²) in [6.07, 6.45) is 5.08. The van der Waals surface area contributed by atoms with Crippen molar-refractivity contribution in [2.24, 2.45) is 7.05 Å². The summed E-state index contributed by atoms with van der Waals surface area (Å²) in [5.74, 6) is 0. The van der Waals surface area contributed by atoms with Gasteiger partial charge in [-0.3, -0.25) is 4.79 Å². The van der Waals surface area contributed by atoms with Gasteiger partial charge in [0, 0.05) is 17.2 Å². The number of carbonyl (C=O) groups is 1. The standard InChI is InChI=1S/C16H15N2O.BrH/c1-12-3-8-16-17(2)15(10-18(16)9-12)14-6-4-13(11-19)5-7-14;/h3-11H,1-2H3;1H/q+1;/p-1. The molecular weight excluding hydrogens is 316 g/mol. The zero-order valence-corrected chi connectivity index (χ0v) is 13.0. The Morgan fingerprint density at radius 2 is 1.75 bits per heavy atom. The Morgan fingerprint density at radius 1 is 1.05 bits per heavy atom. The first-order valence-corrected chi connectivity index (χ1v) is 6.22. The maximum absolute atomic E-state index is 10.7. The van der Waals surface area contributed by atoms with E-state index in [1.165, 1.54) is 5.56 Å². The van der Waals surface area contributed by atoms with Crippen LogP contribution in [0.25, 0.3) is 16.9 Å². The highest BCUT2D eigenvalue weighted by atomic mass is 79.9. The molecule has 20 heavy (non-hydrogen) atoms. The van der Waals surface area contributed by atoms with E-state index in [4.69, 9.17) is 0 Å². The van der Waals surface area contributed by atoms with Gasteiger partial charge in [0.1, 0.15) is 12.5 Å². The Hall–Kier alpha value is -1.94. The van der Waals surface area contributed by atoms with Gasteiger partial charge in [0.2, 0.25) is 0 Å². The van der Waals surface area contributed by atoms with E-state index in [-0.39, 0.29) is 17.0 Å². The van der Waals surface area contributed by atoms with Crippen molar-refractivity contribution in [3.63, 3.8) is 0 Å². The first-order valence-electron chi connectivity index (χ1n) is 6.22. The summed E-state index contributed by atoms with van der Waals surface area (Å²) in [4.78, 5) is 10.7. The van der Waals surface area contributed by atoms with Crippen LogP contribution < -0.4 is 21.4 Å². The average Bonchev–Trinajstić information content (AvgIpc) is 2.75. The molecule has 4 heteroatoms. The molecule has 2 heterocycles. The maximum Gasteiger partial charge on any atom is 0.286 e. The van der Waals surface area contributed by atoms with Crippen molar-refractivity contribution in [2.45, 2.75) is 6.92 Å². The normalized spacial score (nSPS) is 10.3. The van der Waals surface area contributed by atoms with E-state index < -0.39 is 0 Å². The van der Waals surface area contributed by atoms with Crippen LogP contribution in [-0.2, 0) is 7.05 Å². The SMILES string of the molecule is Cc1ccc2n(C)c(-c3ccc(C=O)cc3)c[n+]2c1.[Br-]. The quantitative estimate of drug-likeness (QED) is 0.462. The Labute approximate surface area is 128 Å². The third kappa shape index (κ3) is 2.39. The van der Waals surface area contributed by atoms with Crippen molar-refractivity contribution in [1.29, 1.82) is 0 Å². The molecule has 0 aliphatic heterocycles. The van der Waals surface area contributed by atoms with Crippen molar-refractivity contribution in [3.8, 4) is 11.3 Å². The van der Waals surface area contributed by atoms with Crippen molar-refractivity contribution in [1.82, 2.24) is 4.57 Å². The van der Waals surface area contributed by atoms with Crippen LogP contribution in [0.15, 0.2) is 48.8 Å². The third-order valence-electron chi connectivity index (χ3n) is 3.41. The largest absolute Gasteiger partial charge is 1.00 e. The Kier molecular flexibility index (Phi) is 4.04. The number of hydrogen-bond acceptors (Lipinski definition) is 1. The highest BCUT2D eigenvalue weighted by Gasteiger charge is 2.15. The van der Waals surface area contributed by atoms with Crippen LogP contribution in [-0.4, -0.2) is 10.9 Å². The Morgan fingerprint density at radius 3 is 2.40 bits per heavy atom. The van der Waals surface area contributed by atoms with E-state index >= 15 is 0 Å². The summed E-state index contributed by atoms with van der Waals surface area (Å²) in [7, 11) is 2.05. The molecule has 0 radical (unpaired) electrons. The molecule has 0 atom stereocenters. The van der Waals surface area contributed by atoms with Gasteiger partial charge in [0.05, 0.1) is 13.2 Å². The van der Waals surface area contributed by atoms with Crippen LogP contribution >= 0.6 is 0 Å². The summed E-state index contributed by atoms with van der Waals surface area (Å²) in [5.41, 5.74) is 5.30. The number of aromatic nitrogens is 2. The summed E-state index contributed by atoms with van der Waals surface area (Å²) in [6.45, 7) is 2.08. The Balaban J connectivity index is 0.00000147. The van der Waals surface area contributed by atoms with E-state index in [9.17, 15) is 4.79 Å². The lowest BCUT2D eigenvalue weighted by Crippen LogP contribution is -3.00. The van der Waals surface area contributed by atoms with Crippen molar-refractivity contribution >= 4 is 11.9 Å². The molecule has 0 aliphatic rings. The van der Waals surface area contributed by atoms with E-state index in [2.05, 4.69) is 40.4 Å². The fraction of sp³-hybridized carbons (Fsp3) is 0.125. The second-order valence-corrected chi connectivity index (χ2v) is 4.79. The molecule has 0 amide bonds. The van der Waals surface area contributed by atoms with Gasteiger partial charge in [-0.25, -0.2) is 8.97 Å². The monoisotopic (exact) mass is 330 g/mol. The molecular formula is C16H15BrN2O. The first-order chi connectivity index (χ1) is 9.19. The molecule has 2 aromatic heterocycles. The number of fused-ring (bicyclic) bond motifs is 1. The number of nitrogens with zero attached hydrogens (tertiary/aromatic N) is 2. The lowest BCUT2D eigenvalue weighted by Gasteiger charge is -1.97. The summed E-state index contributed by atoms with van der Waals surface area (Å²) in [6, 6.07) is 11.9. The zero-order chi connectivity index (χ0) is 13.4. The summed E-state index contributed by atoms with van der Waals surface area (Å²) < 4.78 is 4.27. The maximum atomic E-state index is 10.7. The van der Waals surface area contributed by atoms with Crippen LogP contribution in [0.2, 0.25) is 0 Å². The minimum atomic E-state index is 0. The van der Waals surface area contributed by atoms with Crippen LogP contribution in [0, 0.1) is 6.92 Å². The summed E-state index contributed by atoms with van der Waals surface area (Å²) in [5, 5.41) is 0. The minimum Gasteiger partial charge on any atom is -1.00 e. The van der Waals surface area contributed by atoms with Gasteiger partial charge in [0.15, 0.2) is 5.69 Å². The molecule has 102 valence electrons. The fourth-order valence-electron chi connectivity index (χ4n) is 2.35. The summed E-state index contributed by atoms with van der Waals surface area (Å²) >= 11 is 0. The van der Waals surface area contributed by atoms with Crippen molar-refractivity contribution in [3.05, 3.63) is 59.9 Å². The fourth-order valence-corrected chi connectivity index (χ4v) is 2.35. The van der Waals surface area contributed by atoms with Gasteiger partial charge in [-0.1, -0.05) is 12.1 Å². The number of aryl methyl sites for hydroxylation is 2. The molecule has 0 fully saturated rings. The first kappa shape index (κ1) is 14.5. The Bertz CT molecular complexity index is 760. The molecule has 3 rings (SSSR count). The van der Waals surface area contributed by atoms with Crippen LogP contribution in [0.5, 0.6) is 0 Å². The number of aldehydes is 1. The van der Waals surface area contributed by atoms with E-state index in [0.717, 1.165) is 23.2 Å². The molecule has 0 unspecified atom stereocenters. The second-order valence-electron chi connectivity index (χ2n) is 4.79. The number of rotatable bonds is 2. The molecule has 0 bridgehead atoms. The van der Waals surface area contributed by atoms with Crippen molar-refractivity contribution < 1.29 is 26.2 Å².